The molecule has 0 unspecified atom stereocenters. The van der Waals surface area contributed by atoms with Crippen LogP contribution in [0.15, 0.2) is 22.9 Å². The summed E-state index contributed by atoms with van der Waals surface area (Å²) in [6, 6.07) is 3.50. The molecule has 0 aromatic carbocycles. The van der Waals surface area contributed by atoms with E-state index >= 15 is 0 Å². The van der Waals surface area contributed by atoms with Crippen molar-refractivity contribution in [2.45, 2.75) is 25.9 Å². The molecule has 23 heavy (non-hydrogen) atoms. The molecule has 8 heteroatoms. The predicted molar refractivity (Wildman–Crippen MR) is 94.7 cm³/mol. The zero-order chi connectivity index (χ0) is 16.2. The van der Waals surface area contributed by atoms with E-state index in [1.807, 2.05) is 29.8 Å². The number of carbonyl (C=O) groups is 2. The van der Waals surface area contributed by atoms with Gasteiger partial charge in [0.15, 0.2) is 0 Å². The lowest BCUT2D eigenvalue weighted by atomic mass is 10.2. The second-order valence-corrected chi connectivity index (χ2v) is 8.31. The molecule has 0 radical (unpaired) electrons. The normalized spacial score (nSPS) is 17.4. The Hall–Kier alpha value is -1.38. The van der Waals surface area contributed by atoms with Gasteiger partial charge in [0, 0.05) is 16.0 Å². The number of hydrogen-bond acceptors (Lipinski definition) is 6. The molecule has 1 fully saturated rings. The van der Waals surface area contributed by atoms with Crippen LogP contribution in [0.5, 0.6) is 0 Å². The fourth-order valence-electron chi connectivity index (χ4n) is 2.35. The molecule has 2 aromatic rings. The van der Waals surface area contributed by atoms with E-state index in [-0.39, 0.29) is 17.9 Å². The van der Waals surface area contributed by atoms with Gasteiger partial charge in [0.05, 0.1) is 29.5 Å². The van der Waals surface area contributed by atoms with Gasteiger partial charge in [0.25, 0.3) is 0 Å². The molecule has 1 saturated heterocycles. The maximum absolute atomic E-state index is 12.4. The van der Waals surface area contributed by atoms with Gasteiger partial charge >= 0.3 is 0 Å². The summed E-state index contributed by atoms with van der Waals surface area (Å²) in [5.41, 5.74) is 0.864. The monoisotopic (exact) mass is 367 g/mol. The fraction of sp³-hybridized carbons (Fsp3) is 0.400. The average molecular weight is 368 g/mol. The second-order valence-electron chi connectivity index (χ2n) is 5.21. The maximum Gasteiger partial charge on any atom is 0.244 e. The molecule has 1 N–H and O–H groups in total. The molecule has 2 aromatic heterocycles. The van der Waals surface area contributed by atoms with Gasteiger partial charge in [-0.25, -0.2) is 4.98 Å². The number of thioether (sulfide) groups is 1. The van der Waals surface area contributed by atoms with Gasteiger partial charge in [-0.15, -0.1) is 34.4 Å². The molecule has 0 spiro atoms. The number of amides is 2. The molecule has 2 amide bonds. The number of hydrogen-bond donors (Lipinski definition) is 1. The molecule has 1 aliphatic rings. The topological polar surface area (TPSA) is 62.3 Å². The van der Waals surface area contributed by atoms with Crippen LogP contribution in [0, 0.1) is 6.92 Å². The highest BCUT2D eigenvalue weighted by atomic mass is 32.2. The van der Waals surface area contributed by atoms with Crippen molar-refractivity contribution in [1.29, 1.82) is 0 Å². The smallest absolute Gasteiger partial charge is 0.244 e. The lowest BCUT2D eigenvalue weighted by Gasteiger charge is -2.22. The Labute approximate surface area is 147 Å². The highest BCUT2D eigenvalue weighted by Gasteiger charge is 2.34. The molecular weight excluding hydrogens is 350 g/mol. The van der Waals surface area contributed by atoms with Gasteiger partial charge in [0.1, 0.15) is 6.04 Å². The summed E-state index contributed by atoms with van der Waals surface area (Å²) in [6.07, 6.45) is 0.368. The minimum absolute atomic E-state index is 0.0158. The molecule has 5 nitrogen and oxygen atoms in total. The Morgan fingerprint density at radius 2 is 2.30 bits per heavy atom. The highest BCUT2D eigenvalue weighted by Crippen LogP contribution is 2.23. The van der Waals surface area contributed by atoms with E-state index in [0.717, 1.165) is 15.6 Å². The molecule has 0 saturated carbocycles. The SMILES string of the molecule is Cc1nc(CNC(=O)[C@H]2CSCN2C(=O)Cc2cccs2)cs1. The minimum Gasteiger partial charge on any atom is -0.349 e. The van der Waals surface area contributed by atoms with Crippen molar-refractivity contribution in [3.63, 3.8) is 0 Å². The van der Waals surface area contributed by atoms with Crippen molar-refractivity contribution in [2.24, 2.45) is 0 Å². The number of thiophene rings is 1. The molecule has 1 atom stereocenters. The molecule has 3 rings (SSSR count). The maximum atomic E-state index is 12.4. The molecular formula is C15H17N3O2S3. The van der Waals surface area contributed by atoms with Gasteiger partial charge in [-0.2, -0.15) is 0 Å². The zero-order valence-corrected chi connectivity index (χ0v) is 15.1. The van der Waals surface area contributed by atoms with Crippen molar-refractivity contribution in [1.82, 2.24) is 15.2 Å². The van der Waals surface area contributed by atoms with E-state index in [4.69, 9.17) is 0 Å². The minimum atomic E-state index is -0.382. The van der Waals surface area contributed by atoms with E-state index in [1.54, 1.807) is 39.3 Å². The first-order valence-corrected chi connectivity index (χ1v) is 10.1. The second kappa shape index (κ2) is 7.46. The number of thiazole rings is 1. The first-order valence-electron chi connectivity index (χ1n) is 7.22. The average Bonchev–Trinajstić information content (AvgIpc) is 3.26. The van der Waals surface area contributed by atoms with Crippen molar-refractivity contribution >= 4 is 46.2 Å². The molecule has 3 heterocycles. The quantitative estimate of drug-likeness (QED) is 0.881. The van der Waals surface area contributed by atoms with Crippen molar-refractivity contribution < 1.29 is 9.59 Å². The van der Waals surface area contributed by atoms with Gasteiger partial charge in [-0.05, 0) is 18.4 Å². The Bertz CT molecular complexity index is 684. The van der Waals surface area contributed by atoms with Crippen LogP contribution >= 0.6 is 34.4 Å². The number of aryl methyl sites for hydroxylation is 1. The van der Waals surface area contributed by atoms with Crippen LogP contribution in [0.25, 0.3) is 0 Å². The van der Waals surface area contributed by atoms with Crippen LogP contribution in [0.3, 0.4) is 0 Å². The Balaban J connectivity index is 1.57. The third-order valence-corrected chi connectivity index (χ3v) is 6.23. The molecule has 122 valence electrons. The molecule has 0 bridgehead atoms. The number of carbonyl (C=O) groups excluding carboxylic acids is 2. The summed E-state index contributed by atoms with van der Waals surface area (Å²) in [7, 11) is 0. The predicted octanol–water partition coefficient (Wildman–Crippen LogP) is 2.27. The summed E-state index contributed by atoms with van der Waals surface area (Å²) < 4.78 is 0. The van der Waals surface area contributed by atoms with Gasteiger partial charge in [0.2, 0.25) is 11.8 Å². The number of rotatable bonds is 5. The largest absolute Gasteiger partial charge is 0.349 e. The van der Waals surface area contributed by atoms with Gasteiger partial charge in [-0.1, -0.05) is 6.07 Å². The number of nitrogens with zero attached hydrogens (tertiary/aromatic N) is 2. The van der Waals surface area contributed by atoms with Crippen LogP contribution in [0.4, 0.5) is 0 Å². The number of aromatic nitrogens is 1. The van der Waals surface area contributed by atoms with Gasteiger partial charge in [-0.3, -0.25) is 9.59 Å². The van der Waals surface area contributed by atoms with E-state index in [1.165, 1.54) is 0 Å². The standard InChI is InChI=1S/C15H17N3O2S3/c1-10-17-11(7-23-10)6-16-15(20)13-8-21-9-18(13)14(19)5-12-3-2-4-22-12/h2-4,7,13H,5-6,8-9H2,1H3,(H,16,20)/t13-/m1/s1. The zero-order valence-electron chi connectivity index (χ0n) is 12.7. The first-order chi connectivity index (χ1) is 11.1. The van der Waals surface area contributed by atoms with E-state index in [9.17, 15) is 9.59 Å². The van der Waals surface area contributed by atoms with E-state index in [0.29, 0.717) is 24.6 Å². The summed E-state index contributed by atoms with van der Waals surface area (Å²) >= 11 is 4.75. The summed E-state index contributed by atoms with van der Waals surface area (Å²) in [4.78, 5) is 31.9. The van der Waals surface area contributed by atoms with E-state index in [2.05, 4.69) is 10.3 Å². The van der Waals surface area contributed by atoms with Crippen LogP contribution in [0.2, 0.25) is 0 Å². The Morgan fingerprint density at radius 1 is 1.43 bits per heavy atom. The van der Waals surface area contributed by atoms with Crippen LogP contribution in [-0.2, 0) is 22.6 Å². The van der Waals surface area contributed by atoms with Crippen molar-refractivity contribution in [3.8, 4) is 0 Å². The van der Waals surface area contributed by atoms with Gasteiger partial charge < -0.3 is 10.2 Å². The summed E-state index contributed by atoms with van der Waals surface area (Å²) in [5.74, 6) is 1.15. The van der Waals surface area contributed by atoms with Crippen molar-refractivity contribution in [3.05, 3.63) is 38.5 Å². The first kappa shape index (κ1) is 16.5. The highest BCUT2D eigenvalue weighted by molar-refractivity contribution is 7.99. The molecule has 0 aliphatic carbocycles. The lowest BCUT2D eigenvalue weighted by molar-refractivity contribution is -0.137. The Kier molecular flexibility index (Phi) is 5.34. The van der Waals surface area contributed by atoms with Crippen molar-refractivity contribution in [2.75, 3.05) is 11.6 Å². The Morgan fingerprint density at radius 3 is 3.00 bits per heavy atom. The van der Waals surface area contributed by atoms with Crippen LogP contribution in [0.1, 0.15) is 15.6 Å². The van der Waals surface area contributed by atoms with Crippen LogP contribution in [-0.4, -0.2) is 39.4 Å². The lowest BCUT2D eigenvalue weighted by Crippen LogP contribution is -2.47. The van der Waals surface area contributed by atoms with Crippen LogP contribution < -0.4 is 5.32 Å². The van der Waals surface area contributed by atoms with E-state index < -0.39 is 0 Å². The molecule has 1 aliphatic heterocycles. The summed E-state index contributed by atoms with van der Waals surface area (Å²) in [5, 5.41) is 7.79. The summed E-state index contributed by atoms with van der Waals surface area (Å²) in [6.45, 7) is 2.35. The third-order valence-electron chi connectivity index (χ3n) is 3.52. The fourth-order valence-corrected chi connectivity index (χ4v) is 4.84. The third kappa shape index (κ3) is 4.13. The number of nitrogens with one attached hydrogen (secondary N) is 1.